The summed E-state index contributed by atoms with van der Waals surface area (Å²) in [5.41, 5.74) is 3.58. The van der Waals surface area contributed by atoms with Crippen LogP contribution in [0.25, 0.3) is 0 Å². The SMILES string of the molecule is Cc1ccc(COc2ccc(Br)cc2CNCCCCCO)cc1.Cl. The van der Waals surface area contributed by atoms with Crippen LogP contribution in [0.4, 0.5) is 0 Å². The van der Waals surface area contributed by atoms with Crippen LogP contribution < -0.4 is 10.1 Å². The highest BCUT2D eigenvalue weighted by atomic mass is 79.9. The number of aryl methyl sites for hydroxylation is 1. The summed E-state index contributed by atoms with van der Waals surface area (Å²) >= 11 is 3.53. The van der Waals surface area contributed by atoms with Crippen molar-refractivity contribution in [3.63, 3.8) is 0 Å². The van der Waals surface area contributed by atoms with E-state index in [9.17, 15) is 0 Å². The van der Waals surface area contributed by atoms with Crippen LogP contribution in [0.15, 0.2) is 46.9 Å². The van der Waals surface area contributed by atoms with Crippen LogP contribution in [0.1, 0.15) is 36.0 Å². The summed E-state index contributed by atoms with van der Waals surface area (Å²) in [6, 6.07) is 14.5. The second-order valence-corrected chi connectivity index (χ2v) is 6.90. The Balaban J connectivity index is 0.00000312. The number of halogens is 2. The zero-order chi connectivity index (χ0) is 17.2. The van der Waals surface area contributed by atoms with E-state index in [-0.39, 0.29) is 19.0 Å². The molecule has 2 aromatic carbocycles. The third-order valence-corrected chi connectivity index (χ3v) is 4.36. The van der Waals surface area contributed by atoms with Gasteiger partial charge >= 0.3 is 0 Å². The number of ether oxygens (including phenoxy) is 1. The van der Waals surface area contributed by atoms with Crippen molar-refractivity contribution >= 4 is 28.3 Å². The standard InChI is InChI=1S/C20H26BrNO2.ClH/c1-16-5-7-17(8-6-16)15-24-20-10-9-19(21)13-18(20)14-22-11-3-2-4-12-23;/h5-10,13,22-23H,2-4,11-12,14-15H2,1H3;1H. The maximum atomic E-state index is 8.79. The molecule has 0 atom stereocenters. The van der Waals surface area contributed by atoms with Crippen molar-refractivity contribution in [3.05, 3.63) is 63.6 Å². The Labute approximate surface area is 165 Å². The number of benzene rings is 2. The number of hydrogen-bond acceptors (Lipinski definition) is 3. The molecule has 0 aliphatic carbocycles. The maximum absolute atomic E-state index is 8.79. The molecule has 0 aliphatic rings. The molecule has 0 radical (unpaired) electrons. The molecule has 0 aliphatic heterocycles. The van der Waals surface area contributed by atoms with E-state index in [0.717, 1.165) is 48.1 Å². The molecule has 2 aromatic rings. The van der Waals surface area contributed by atoms with Gasteiger partial charge in [-0.2, -0.15) is 0 Å². The first-order valence-corrected chi connectivity index (χ1v) is 9.26. The van der Waals surface area contributed by atoms with Gasteiger partial charge < -0.3 is 15.2 Å². The highest BCUT2D eigenvalue weighted by Gasteiger charge is 2.05. The second kappa shape index (κ2) is 12.3. The van der Waals surface area contributed by atoms with E-state index in [1.165, 1.54) is 11.1 Å². The first kappa shape index (κ1) is 22.0. The normalized spacial score (nSPS) is 10.4. The summed E-state index contributed by atoms with van der Waals surface area (Å²) in [5.74, 6) is 0.918. The van der Waals surface area contributed by atoms with E-state index in [1.807, 2.05) is 12.1 Å². The first-order valence-electron chi connectivity index (χ1n) is 8.47. The Kier molecular flexibility index (Phi) is 10.8. The molecule has 25 heavy (non-hydrogen) atoms. The summed E-state index contributed by atoms with van der Waals surface area (Å²) in [6.07, 6.45) is 3.01. The van der Waals surface area contributed by atoms with Crippen LogP contribution in [0.2, 0.25) is 0 Å². The number of nitrogens with one attached hydrogen (secondary N) is 1. The molecule has 138 valence electrons. The summed E-state index contributed by atoms with van der Waals surface area (Å²) in [7, 11) is 0. The average molecular weight is 429 g/mol. The van der Waals surface area contributed by atoms with E-state index in [0.29, 0.717) is 6.61 Å². The number of rotatable bonds is 10. The van der Waals surface area contributed by atoms with E-state index in [2.05, 4.69) is 58.5 Å². The topological polar surface area (TPSA) is 41.5 Å². The van der Waals surface area contributed by atoms with Gasteiger partial charge in [-0.1, -0.05) is 45.8 Å². The highest BCUT2D eigenvalue weighted by molar-refractivity contribution is 9.10. The molecule has 0 spiro atoms. The second-order valence-electron chi connectivity index (χ2n) is 5.99. The van der Waals surface area contributed by atoms with E-state index in [1.54, 1.807) is 0 Å². The lowest BCUT2D eigenvalue weighted by Gasteiger charge is -2.13. The van der Waals surface area contributed by atoms with Crippen molar-refractivity contribution in [1.29, 1.82) is 0 Å². The van der Waals surface area contributed by atoms with E-state index < -0.39 is 0 Å². The van der Waals surface area contributed by atoms with Crippen LogP contribution in [0.5, 0.6) is 5.75 Å². The Morgan fingerprint density at radius 2 is 1.80 bits per heavy atom. The fourth-order valence-corrected chi connectivity index (χ4v) is 2.84. The molecule has 0 aromatic heterocycles. The Hall–Kier alpha value is -1.07. The summed E-state index contributed by atoms with van der Waals surface area (Å²) < 4.78 is 7.08. The third-order valence-electron chi connectivity index (χ3n) is 3.86. The van der Waals surface area contributed by atoms with Crippen LogP contribution in [-0.4, -0.2) is 18.3 Å². The Morgan fingerprint density at radius 3 is 2.52 bits per heavy atom. The largest absolute Gasteiger partial charge is 0.489 e. The van der Waals surface area contributed by atoms with Crippen LogP contribution in [0, 0.1) is 6.92 Å². The van der Waals surface area contributed by atoms with Gasteiger partial charge in [-0.15, -0.1) is 12.4 Å². The van der Waals surface area contributed by atoms with Crippen molar-refractivity contribution < 1.29 is 9.84 Å². The fourth-order valence-electron chi connectivity index (χ4n) is 2.43. The smallest absolute Gasteiger partial charge is 0.124 e. The quantitative estimate of drug-likeness (QED) is 0.523. The van der Waals surface area contributed by atoms with Crippen molar-refractivity contribution in [3.8, 4) is 5.75 Å². The Bertz CT molecular complexity index is 620. The molecule has 0 saturated carbocycles. The predicted octanol–water partition coefficient (Wildman–Crippen LogP) is 5.01. The van der Waals surface area contributed by atoms with Gasteiger partial charge in [-0.05, 0) is 56.5 Å². The zero-order valence-electron chi connectivity index (χ0n) is 14.6. The average Bonchev–Trinajstić information content (AvgIpc) is 2.58. The van der Waals surface area contributed by atoms with Crippen LogP contribution in [-0.2, 0) is 13.2 Å². The molecular formula is C20H27BrClNO2. The fraction of sp³-hybridized carbons (Fsp3) is 0.400. The summed E-state index contributed by atoms with van der Waals surface area (Å²) in [4.78, 5) is 0. The van der Waals surface area contributed by atoms with Gasteiger partial charge in [-0.25, -0.2) is 0 Å². The monoisotopic (exact) mass is 427 g/mol. The molecular weight excluding hydrogens is 402 g/mol. The first-order chi connectivity index (χ1) is 11.7. The minimum Gasteiger partial charge on any atom is -0.489 e. The lowest BCUT2D eigenvalue weighted by molar-refractivity contribution is 0.282. The van der Waals surface area contributed by atoms with Gasteiger partial charge in [0.1, 0.15) is 12.4 Å². The molecule has 5 heteroatoms. The molecule has 0 unspecified atom stereocenters. The minimum absolute atomic E-state index is 0. The van der Waals surface area contributed by atoms with Crippen molar-refractivity contribution in [2.75, 3.05) is 13.2 Å². The zero-order valence-corrected chi connectivity index (χ0v) is 17.0. The maximum Gasteiger partial charge on any atom is 0.124 e. The lowest BCUT2D eigenvalue weighted by Crippen LogP contribution is -2.15. The van der Waals surface area contributed by atoms with Gasteiger partial charge in [0.2, 0.25) is 0 Å². The molecule has 3 nitrogen and oxygen atoms in total. The van der Waals surface area contributed by atoms with Gasteiger partial charge in [0, 0.05) is 23.2 Å². The molecule has 0 bridgehead atoms. The third kappa shape index (κ3) is 8.23. The number of aliphatic hydroxyl groups is 1. The van der Waals surface area contributed by atoms with Crippen LogP contribution >= 0.6 is 28.3 Å². The minimum atomic E-state index is 0. The summed E-state index contributed by atoms with van der Waals surface area (Å²) in [5, 5.41) is 12.2. The number of hydrogen-bond donors (Lipinski definition) is 2. The van der Waals surface area contributed by atoms with Gasteiger partial charge in [0.05, 0.1) is 0 Å². The lowest BCUT2D eigenvalue weighted by atomic mass is 10.1. The number of aliphatic hydroxyl groups excluding tert-OH is 1. The molecule has 0 fully saturated rings. The molecule has 0 saturated heterocycles. The van der Waals surface area contributed by atoms with Gasteiger partial charge in [0.15, 0.2) is 0 Å². The van der Waals surface area contributed by atoms with Crippen LogP contribution in [0.3, 0.4) is 0 Å². The van der Waals surface area contributed by atoms with Crippen molar-refractivity contribution in [2.45, 2.75) is 39.3 Å². The van der Waals surface area contributed by atoms with E-state index >= 15 is 0 Å². The highest BCUT2D eigenvalue weighted by Crippen LogP contribution is 2.24. The predicted molar refractivity (Wildman–Crippen MR) is 110 cm³/mol. The Morgan fingerprint density at radius 1 is 1.04 bits per heavy atom. The van der Waals surface area contributed by atoms with Gasteiger partial charge in [0.25, 0.3) is 0 Å². The van der Waals surface area contributed by atoms with Gasteiger partial charge in [-0.3, -0.25) is 0 Å². The number of unbranched alkanes of at least 4 members (excludes halogenated alkanes) is 2. The molecule has 0 amide bonds. The van der Waals surface area contributed by atoms with Crippen molar-refractivity contribution in [2.24, 2.45) is 0 Å². The van der Waals surface area contributed by atoms with E-state index in [4.69, 9.17) is 9.84 Å². The molecule has 2 N–H and O–H groups in total. The molecule has 0 heterocycles. The summed E-state index contributed by atoms with van der Waals surface area (Å²) in [6.45, 7) is 4.67. The molecule has 2 rings (SSSR count). The van der Waals surface area contributed by atoms with Crippen molar-refractivity contribution in [1.82, 2.24) is 5.32 Å².